The van der Waals surface area contributed by atoms with E-state index in [-0.39, 0.29) is 5.69 Å². The molecule has 0 heterocycles. The number of hydrogen-bond donors (Lipinski definition) is 2. The Hall–Kier alpha value is -2.47. The molecule has 22 heavy (non-hydrogen) atoms. The van der Waals surface area contributed by atoms with E-state index in [2.05, 4.69) is 16.7 Å². The fourth-order valence-corrected chi connectivity index (χ4v) is 2.51. The molecule has 0 bridgehead atoms. The van der Waals surface area contributed by atoms with Gasteiger partial charge >= 0.3 is 0 Å². The molecular weight excluding hydrogens is 298 g/mol. The topological polar surface area (TPSA) is 67.2 Å². The third-order valence-electron chi connectivity index (χ3n) is 3.17. The monoisotopic (exact) mass is 315 g/mol. The molecule has 2 N–H and O–H groups in total. The molecule has 0 atom stereocenters. The van der Waals surface area contributed by atoms with Crippen molar-refractivity contribution in [2.24, 2.45) is 0 Å². The molecular formula is C16H17N3O2S. The lowest BCUT2D eigenvalue weighted by Gasteiger charge is -2.13. The number of nitro groups is 1. The number of para-hydroxylation sites is 1. The number of aryl methyl sites for hydroxylation is 3. The first-order chi connectivity index (χ1) is 10.4. The van der Waals surface area contributed by atoms with Gasteiger partial charge in [-0.05, 0) is 61.8 Å². The zero-order valence-corrected chi connectivity index (χ0v) is 13.5. The fraction of sp³-hybridized carbons (Fsp3) is 0.188. The quantitative estimate of drug-likeness (QED) is 0.501. The van der Waals surface area contributed by atoms with Crippen LogP contribution in [0.25, 0.3) is 0 Å². The summed E-state index contributed by atoms with van der Waals surface area (Å²) in [7, 11) is 0. The lowest BCUT2D eigenvalue weighted by molar-refractivity contribution is -0.383. The maximum atomic E-state index is 11.1. The van der Waals surface area contributed by atoms with E-state index >= 15 is 0 Å². The van der Waals surface area contributed by atoms with E-state index in [0.717, 1.165) is 22.4 Å². The summed E-state index contributed by atoms with van der Waals surface area (Å²) in [4.78, 5) is 10.7. The number of rotatable bonds is 3. The van der Waals surface area contributed by atoms with Crippen LogP contribution in [0.3, 0.4) is 0 Å². The highest BCUT2D eigenvalue weighted by Gasteiger charge is 2.16. The van der Waals surface area contributed by atoms with Crippen molar-refractivity contribution in [1.82, 2.24) is 0 Å². The van der Waals surface area contributed by atoms with Gasteiger partial charge in [-0.3, -0.25) is 10.1 Å². The summed E-state index contributed by atoms with van der Waals surface area (Å²) in [6, 6.07) is 10.9. The number of anilines is 2. The predicted molar refractivity (Wildman–Crippen MR) is 93.6 cm³/mol. The Morgan fingerprint density at radius 1 is 1.09 bits per heavy atom. The first kappa shape index (κ1) is 15.9. The van der Waals surface area contributed by atoms with Crippen LogP contribution in [0.2, 0.25) is 0 Å². The molecule has 0 fully saturated rings. The summed E-state index contributed by atoms with van der Waals surface area (Å²) in [6.45, 7) is 5.80. The molecule has 0 amide bonds. The van der Waals surface area contributed by atoms with Crippen molar-refractivity contribution in [2.75, 3.05) is 10.6 Å². The molecule has 0 radical (unpaired) electrons. The third kappa shape index (κ3) is 3.79. The van der Waals surface area contributed by atoms with Crippen molar-refractivity contribution in [1.29, 1.82) is 0 Å². The van der Waals surface area contributed by atoms with Crippen molar-refractivity contribution in [2.45, 2.75) is 20.8 Å². The molecule has 2 rings (SSSR count). The van der Waals surface area contributed by atoms with Crippen LogP contribution in [0.4, 0.5) is 17.1 Å². The van der Waals surface area contributed by atoms with E-state index < -0.39 is 4.92 Å². The van der Waals surface area contributed by atoms with Crippen molar-refractivity contribution in [3.63, 3.8) is 0 Å². The van der Waals surface area contributed by atoms with E-state index in [0.29, 0.717) is 10.8 Å². The SMILES string of the molecule is Cc1cc(C)cc(NC(=S)Nc2c(C)cccc2[N+](=O)[O-])c1. The molecule has 0 aliphatic heterocycles. The van der Waals surface area contributed by atoms with Crippen molar-refractivity contribution in [3.05, 3.63) is 63.2 Å². The average molecular weight is 315 g/mol. The van der Waals surface area contributed by atoms with Crippen molar-refractivity contribution < 1.29 is 4.92 Å². The molecule has 0 saturated heterocycles. The molecule has 0 aliphatic carbocycles. The van der Waals surface area contributed by atoms with Crippen LogP contribution >= 0.6 is 12.2 Å². The van der Waals surface area contributed by atoms with Gasteiger partial charge in [-0.25, -0.2) is 0 Å². The van der Waals surface area contributed by atoms with Gasteiger partial charge in [0.05, 0.1) is 4.92 Å². The second kappa shape index (κ2) is 6.53. The van der Waals surface area contributed by atoms with E-state index in [1.165, 1.54) is 6.07 Å². The summed E-state index contributed by atoms with van der Waals surface area (Å²) in [5.41, 5.74) is 4.27. The van der Waals surface area contributed by atoms with Gasteiger partial charge in [-0.2, -0.15) is 0 Å². The first-order valence-corrected chi connectivity index (χ1v) is 7.18. The van der Waals surface area contributed by atoms with Crippen LogP contribution in [0.5, 0.6) is 0 Å². The van der Waals surface area contributed by atoms with Gasteiger partial charge in [0, 0.05) is 11.8 Å². The molecule has 5 nitrogen and oxygen atoms in total. The van der Waals surface area contributed by atoms with Crippen molar-refractivity contribution >= 4 is 34.4 Å². The Morgan fingerprint density at radius 2 is 1.73 bits per heavy atom. The molecule has 2 aromatic rings. The van der Waals surface area contributed by atoms with Gasteiger partial charge in [0.2, 0.25) is 0 Å². The Labute approximate surface area is 134 Å². The van der Waals surface area contributed by atoms with Gasteiger partial charge < -0.3 is 10.6 Å². The van der Waals surface area contributed by atoms with E-state index in [1.54, 1.807) is 19.1 Å². The summed E-state index contributed by atoms with van der Waals surface area (Å²) in [5.74, 6) is 0. The lowest BCUT2D eigenvalue weighted by atomic mass is 10.1. The fourth-order valence-electron chi connectivity index (χ4n) is 2.29. The number of hydrogen-bond acceptors (Lipinski definition) is 3. The van der Waals surface area contributed by atoms with Crippen LogP contribution in [0.1, 0.15) is 16.7 Å². The molecule has 114 valence electrons. The van der Waals surface area contributed by atoms with E-state index in [9.17, 15) is 10.1 Å². The van der Waals surface area contributed by atoms with Gasteiger partial charge in [0.25, 0.3) is 5.69 Å². The largest absolute Gasteiger partial charge is 0.332 e. The normalized spacial score (nSPS) is 10.1. The highest BCUT2D eigenvalue weighted by molar-refractivity contribution is 7.80. The molecule has 0 aromatic heterocycles. The van der Waals surface area contributed by atoms with Crippen LogP contribution in [0, 0.1) is 30.9 Å². The highest BCUT2D eigenvalue weighted by Crippen LogP contribution is 2.27. The molecule has 0 saturated carbocycles. The summed E-state index contributed by atoms with van der Waals surface area (Å²) in [5, 5.41) is 17.4. The number of benzene rings is 2. The summed E-state index contributed by atoms with van der Waals surface area (Å²) >= 11 is 5.27. The lowest BCUT2D eigenvalue weighted by Crippen LogP contribution is -2.20. The third-order valence-corrected chi connectivity index (χ3v) is 3.37. The smallest absolute Gasteiger partial charge is 0.293 e. The van der Waals surface area contributed by atoms with E-state index in [4.69, 9.17) is 12.2 Å². The van der Waals surface area contributed by atoms with Crippen molar-refractivity contribution in [3.8, 4) is 0 Å². The Bertz CT molecular complexity index is 724. The maximum Gasteiger partial charge on any atom is 0.293 e. The maximum absolute atomic E-state index is 11.1. The van der Waals surface area contributed by atoms with Crippen LogP contribution in [0.15, 0.2) is 36.4 Å². The standard InChI is InChI=1S/C16H17N3O2S/c1-10-7-11(2)9-13(8-10)17-16(22)18-15-12(3)5-4-6-14(15)19(20)21/h4-9H,1-3H3,(H2,17,18,22). The first-order valence-electron chi connectivity index (χ1n) is 6.77. The molecule has 0 aliphatic rings. The average Bonchev–Trinajstić information content (AvgIpc) is 2.39. The number of nitrogens with zero attached hydrogens (tertiary/aromatic N) is 1. The second-order valence-electron chi connectivity index (χ2n) is 5.18. The molecule has 2 aromatic carbocycles. The summed E-state index contributed by atoms with van der Waals surface area (Å²) < 4.78 is 0. The molecule has 6 heteroatoms. The zero-order valence-electron chi connectivity index (χ0n) is 12.6. The van der Waals surface area contributed by atoms with E-state index in [1.807, 2.05) is 26.0 Å². The van der Waals surface area contributed by atoms with Crippen LogP contribution in [-0.2, 0) is 0 Å². The number of nitro benzene ring substituents is 1. The Balaban J connectivity index is 2.21. The molecule has 0 unspecified atom stereocenters. The summed E-state index contributed by atoms with van der Waals surface area (Å²) in [6.07, 6.45) is 0. The van der Waals surface area contributed by atoms with Gasteiger partial charge in [-0.1, -0.05) is 18.2 Å². The second-order valence-corrected chi connectivity index (χ2v) is 5.59. The van der Waals surface area contributed by atoms with Crippen LogP contribution < -0.4 is 10.6 Å². The van der Waals surface area contributed by atoms with Gasteiger partial charge in [-0.15, -0.1) is 0 Å². The van der Waals surface area contributed by atoms with Gasteiger partial charge in [0.15, 0.2) is 5.11 Å². The minimum Gasteiger partial charge on any atom is -0.332 e. The minimum absolute atomic E-state index is 0.00423. The molecule has 0 spiro atoms. The highest BCUT2D eigenvalue weighted by atomic mass is 32.1. The Morgan fingerprint density at radius 3 is 2.32 bits per heavy atom. The minimum atomic E-state index is -0.422. The van der Waals surface area contributed by atoms with Gasteiger partial charge in [0.1, 0.15) is 5.69 Å². The zero-order chi connectivity index (χ0) is 16.3. The number of nitrogens with one attached hydrogen (secondary N) is 2. The predicted octanol–water partition coefficient (Wildman–Crippen LogP) is 4.33. The van der Waals surface area contributed by atoms with Crippen LogP contribution in [-0.4, -0.2) is 10.0 Å². The Kier molecular flexibility index (Phi) is 4.72. The number of thiocarbonyl (C=S) groups is 1.